The Kier molecular flexibility index (Phi) is 7.38. The smallest absolute Gasteiger partial charge is 0.306 e. The average Bonchev–Trinajstić information content (AvgIpc) is 2.90. The molecule has 0 heterocycles. The maximum Gasteiger partial charge on any atom is 0.306 e. The van der Waals surface area contributed by atoms with Gasteiger partial charge in [-0.1, -0.05) is 11.6 Å². The Morgan fingerprint density at radius 1 is 1.20 bits per heavy atom. The van der Waals surface area contributed by atoms with Gasteiger partial charge in [0.15, 0.2) is 11.2 Å². The molecule has 35 heavy (non-hydrogen) atoms. The van der Waals surface area contributed by atoms with Gasteiger partial charge in [0.2, 0.25) is 0 Å². The Balaban J connectivity index is 2.19. The van der Waals surface area contributed by atoms with E-state index in [-0.39, 0.29) is 49.6 Å². The number of nitriles is 2. The van der Waals surface area contributed by atoms with Gasteiger partial charge in [0.25, 0.3) is 0 Å². The molecule has 0 aromatic carbocycles. The van der Waals surface area contributed by atoms with Gasteiger partial charge in [-0.05, 0) is 63.2 Å². The van der Waals surface area contributed by atoms with Gasteiger partial charge < -0.3 is 15.2 Å². The molecule has 8 nitrogen and oxygen atoms in total. The molecule has 0 bridgehead atoms. The third-order valence-corrected chi connectivity index (χ3v) is 7.00. The zero-order valence-electron chi connectivity index (χ0n) is 21.1. The van der Waals surface area contributed by atoms with Crippen LogP contribution < -0.4 is 5.73 Å². The Hall–Kier alpha value is -3.23. The minimum atomic E-state index is -1.57. The van der Waals surface area contributed by atoms with Crippen molar-refractivity contribution in [3.05, 3.63) is 33.9 Å². The lowest BCUT2D eigenvalue weighted by Gasteiger charge is -2.33. The van der Waals surface area contributed by atoms with Crippen molar-refractivity contribution in [1.82, 2.24) is 0 Å². The number of hydrogen-bond donors (Lipinski definition) is 1. The summed E-state index contributed by atoms with van der Waals surface area (Å²) in [6.07, 6.45) is 3.24. The normalized spacial score (nSPS) is 25.9. The van der Waals surface area contributed by atoms with Crippen LogP contribution in [0.1, 0.15) is 66.7 Å². The first kappa shape index (κ1) is 26.4. The van der Waals surface area contributed by atoms with Crippen molar-refractivity contribution in [2.24, 2.45) is 23.0 Å². The van der Waals surface area contributed by atoms with E-state index in [1.807, 2.05) is 13.0 Å². The summed E-state index contributed by atoms with van der Waals surface area (Å²) < 4.78 is 10.7. The summed E-state index contributed by atoms with van der Waals surface area (Å²) >= 11 is 0. The van der Waals surface area contributed by atoms with Gasteiger partial charge in [0.1, 0.15) is 12.2 Å². The van der Waals surface area contributed by atoms with Crippen LogP contribution >= 0.6 is 0 Å². The molecule has 2 N–H and O–H groups in total. The van der Waals surface area contributed by atoms with Crippen LogP contribution in [0.15, 0.2) is 33.9 Å². The number of allylic oxidation sites excluding steroid dienone is 4. The zero-order valence-corrected chi connectivity index (χ0v) is 21.1. The Labute approximate surface area is 206 Å². The molecule has 0 saturated heterocycles. The number of fused-ring (bicyclic) bond motifs is 2. The van der Waals surface area contributed by atoms with Crippen LogP contribution in [0.4, 0.5) is 0 Å². The van der Waals surface area contributed by atoms with Crippen molar-refractivity contribution in [3.8, 4) is 12.1 Å². The molecular weight excluding hydrogens is 446 g/mol. The molecule has 3 aliphatic rings. The molecule has 3 aliphatic carbocycles. The van der Waals surface area contributed by atoms with Gasteiger partial charge in [-0.15, -0.1) is 0 Å². The van der Waals surface area contributed by atoms with Gasteiger partial charge in [0.05, 0.1) is 12.1 Å². The van der Waals surface area contributed by atoms with E-state index in [2.05, 4.69) is 12.1 Å². The number of nitrogens with zero attached hydrogens (tertiary/aromatic N) is 2. The van der Waals surface area contributed by atoms with Crippen LogP contribution in [0.25, 0.3) is 0 Å². The summed E-state index contributed by atoms with van der Waals surface area (Å²) in [5.74, 6) is -1.71. The lowest BCUT2D eigenvalue weighted by atomic mass is 9.68. The molecule has 3 rings (SSSR count). The highest BCUT2D eigenvalue weighted by Crippen LogP contribution is 2.54. The van der Waals surface area contributed by atoms with E-state index in [0.29, 0.717) is 29.6 Å². The topological polar surface area (TPSA) is 143 Å². The highest BCUT2D eigenvalue weighted by molar-refractivity contribution is 6.03. The van der Waals surface area contributed by atoms with Crippen molar-refractivity contribution >= 4 is 17.7 Å². The first-order chi connectivity index (χ1) is 16.3. The minimum Gasteiger partial charge on any atom is -0.461 e. The molecule has 0 radical (unpaired) electrons. The molecule has 3 atom stereocenters. The largest absolute Gasteiger partial charge is 0.461 e. The van der Waals surface area contributed by atoms with E-state index in [9.17, 15) is 24.9 Å². The maximum atomic E-state index is 12.9. The second-order valence-corrected chi connectivity index (χ2v) is 10.7. The molecule has 0 aliphatic heterocycles. The van der Waals surface area contributed by atoms with E-state index in [0.717, 1.165) is 11.1 Å². The predicted octanol–water partition coefficient (Wildman–Crippen LogP) is 3.58. The monoisotopic (exact) mass is 479 g/mol. The molecule has 0 aromatic rings. The molecule has 0 amide bonds. The third-order valence-electron chi connectivity index (χ3n) is 7.00. The van der Waals surface area contributed by atoms with Crippen LogP contribution in [0.5, 0.6) is 0 Å². The van der Waals surface area contributed by atoms with E-state index >= 15 is 0 Å². The van der Waals surface area contributed by atoms with Crippen molar-refractivity contribution in [2.75, 3.05) is 6.61 Å². The van der Waals surface area contributed by atoms with Gasteiger partial charge in [-0.2, -0.15) is 10.5 Å². The zero-order chi connectivity index (χ0) is 26.1. The summed E-state index contributed by atoms with van der Waals surface area (Å²) in [6, 6.07) is 4.07. The van der Waals surface area contributed by atoms with Crippen molar-refractivity contribution in [3.63, 3.8) is 0 Å². The summed E-state index contributed by atoms with van der Waals surface area (Å²) in [5.41, 5.74) is 7.28. The first-order valence-electron chi connectivity index (χ1n) is 11.9. The quantitative estimate of drug-likeness (QED) is 0.476. The van der Waals surface area contributed by atoms with E-state index in [4.69, 9.17) is 15.2 Å². The van der Waals surface area contributed by atoms with Crippen LogP contribution in [0, 0.1) is 39.9 Å². The van der Waals surface area contributed by atoms with Gasteiger partial charge in [-0.3, -0.25) is 14.4 Å². The predicted molar refractivity (Wildman–Crippen MR) is 127 cm³/mol. The fourth-order valence-corrected chi connectivity index (χ4v) is 5.50. The number of nitrogens with two attached hydrogens (primary N) is 1. The summed E-state index contributed by atoms with van der Waals surface area (Å²) in [4.78, 5) is 37.2. The van der Waals surface area contributed by atoms with Crippen LogP contribution in [-0.4, -0.2) is 36.0 Å². The van der Waals surface area contributed by atoms with Gasteiger partial charge in [0, 0.05) is 43.7 Å². The Morgan fingerprint density at radius 3 is 2.43 bits per heavy atom. The first-order valence-corrected chi connectivity index (χ1v) is 11.9. The SMILES string of the molecule is CC(=O)OCC1=C2CC(C#N)(C#N)C3=C[C@H](N)CC[C@H](CC(=O)OC(C)(C)C)[C@@H]3C(C)=C2CC1=O. The molecule has 8 heteroatoms. The number of hydrogen-bond acceptors (Lipinski definition) is 8. The van der Waals surface area contributed by atoms with E-state index in [1.165, 1.54) is 6.92 Å². The van der Waals surface area contributed by atoms with E-state index < -0.39 is 22.9 Å². The molecule has 0 unspecified atom stereocenters. The van der Waals surface area contributed by atoms with E-state index in [1.54, 1.807) is 20.8 Å². The average molecular weight is 480 g/mol. The van der Waals surface area contributed by atoms with Crippen molar-refractivity contribution in [1.29, 1.82) is 10.5 Å². The third kappa shape index (κ3) is 5.39. The number of esters is 2. The maximum absolute atomic E-state index is 12.9. The highest BCUT2D eigenvalue weighted by Gasteiger charge is 2.49. The molecular formula is C27H33N3O5. The summed E-state index contributed by atoms with van der Waals surface area (Å²) in [6.45, 7) is 8.39. The lowest BCUT2D eigenvalue weighted by Crippen LogP contribution is -2.31. The molecule has 0 spiro atoms. The standard InChI is InChI=1S/C27H33N3O5/c1-15-19-10-23(32)21(12-34-16(2)31)20(19)11-27(13-28,14-29)22-9-18(30)7-6-17(25(15)22)8-24(33)35-26(3,4)5/h9,17-18,25H,6-8,10-12,30H2,1-5H3/t17-,18-,25+/m1/s1. The van der Waals surface area contributed by atoms with Crippen molar-refractivity contribution in [2.45, 2.75) is 78.4 Å². The molecule has 0 fully saturated rings. The minimum absolute atomic E-state index is 0.00320. The number of carbonyl (C=O) groups is 3. The van der Waals surface area contributed by atoms with Crippen LogP contribution in [0.3, 0.4) is 0 Å². The molecule has 0 aromatic heterocycles. The molecule has 0 saturated carbocycles. The number of Topliss-reactive ketones (excluding diaryl/α,β-unsaturated/α-hetero) is 1. The highest BCUT2D eigenvalue weighted by atomic mass is 16.6. The van der Waals surface area contributed by atoms with Crippen LogP contribution in [0.2, 0.25) is 0 Å². The number of ketones is 1. The van der Waals surface area contributed by atoms with Gasteiger partial charge in [-0.25, -0.2) is 0 Å². The van der Waals surface area contributed by atoms with Crippen LogP contribution in [-0.2, 0) is 23.9 Å². The molecule has 186 valence electrons. The number of rotatable bonds is 4. The van der Waals surface area contributed by atoms with Gasteiger partial charge >= 0.3 is 11.9 Å². The summed E-state index contributed by atoms with van der Waals surface area (Å²) in [5, 5.41) is 20.6. The fraction of sp³-hybridized carbons (Fsp3) is 0.593. The second kappa shape index (κ2) is 9.79. The number of carbonyl (C=O) groups excluding carboxylic acids is 3. The Bertz CT molecular complexity index is 1110. The number of ether oxygens (including phenoxy) is 2. The lowest BCUT2D eigenvalue weighted by molar-refractivity contribution is -0.156. The van der Waals surface area contributed by atoms with Crippen molar-refractivity contribution < 1.29 is 23.9 Å². The fourth-order valence-electron chi connectivity index (χ4n) is 5.50. The Morgan fingerprint density at radius 2 is 1.86 bits per heavy atom. The summed E-state index contributed by atoms with van der Waals surface area (Å²) in [7, 11) is 0. The second-order valence-electron chi connectivity index (χ2n) is 10.7.